The van der Waals surface area contributed by atoms with E-state index in [1.165, 1.54) is 17.7 Å². The highest BCUT2D eigenvalue weighted by atomic mass is 16.3. The van der Waals surface area contributed by atoms with Crippen LogP contribution in [0.1, 0.15) is 44.4 Å². The van der Waals surface area contributed by atoms with E-state index in [1.54, 1.807) is 6.33 Å². The minimum atomic E-state index is -0.281. The first kappa shape index (κ1) is 15.3. The number of fused-ring (bicyclic) bond motifs is 1. The van der Waals surface area contributed by atoms with Crippen molar-refractivity contribution in [1.82, 2.24) is 14.9 Å². The van der Waals surface area contributed by atoms with Gasteiger partial charge in [-0.2, -0.15) is 0 Å². The van der Waals surface area contributed by atoms with E-state index in [9.17, 15) is 5.11 Å². The maximum absolute atomic E-state index is 10.7. The van der Waals surface area contributed by atoms with Crippen molar-refractivity contribution >= 4 is 5.82 Å². The van der Waals surface area contributed by atoms with Crippen LogP contribution in [0.2, 0.25) is 0 Å². The summed E-state index contributed by atoms with van der Waals surface area (Å²) in [6.45, 7) is 5.70. The number of aliphatic hydroxyl groups is 1. The van der Waals surface area contributed by atoms with Crippen molar-refractivity contribution < 1.29 is 5.11 Å². The Morgan fingerprint density at radius 2 is 2.13 bits per heavy atom. The molecular weight excluding hydrogens is 288 g/mol. The predicted octanol–water partition coefficient (Wildman–Crippen LogP) is 1.86. The van der Waals surface area contributed by atoms with Crippen molar-refractivity contribution in [1.29, 1.82) is 0 Å². The fourth-order valence-electron chi connectivity index (χ4n) is 5.65. The van der Waals surface area contributed by atoms with Gasteiger partial charge in [0.15, 0.2) is 0 Å². The molecule has 4 rings (SSSR count). The Kier molecular flexibility index (Phi) is 3.61. The van der Waals surface area contributed by atoms with Gasteiger partial charge in [0.1, 0.15) is 12.1 Å². The average Bonchev–Trinajstić information content (AvgIpc) is 3.05. The molecule has 126 valence electrons. The number of aromatic nitrogens is 2. The summed E-state index contributed by atoms with van der Waals surface area (Å²) in [7, 11) is 2.21. The van der Waals surface area contributed by atoms with Gasteiger partial charge in [0, 0.05) is 29.3 Å². The van der Waals surface area contributed by atoms with Gasteiger partial charge in [-0.25, -0.2) is 9.97 Å². The summed E-state index contributed by atoms with van der Waals surface area (Å²) in [6, 6.07) is 0.699. The molecule has 3 aliphatic rings. The summed E-state index contributed by atoms with van der Waals surface area (Å²) in [5.41, 5.74) is 2.73. The molecule has 0 aromatic carbocycles. The molecule has 1 saturated heterocycles. The van der Waals surface area contributed by atoms with Crippen LogP contribution in [0.15, 0.2) is 6.33 Å². The topological polar surface area (TPSA) is 61.3 Å². The SMILES string of the molecule is CC(C)C1N(C)CC12C[C@@H](O)[C@H](Nc1ncnc3c1CCC3)C2. The van der Waals surface area contributed by atoms with Crippen LogP contribution in [-0.2, 0) is 12.8 Å². The molecule has 0 bridgehead atoms. The first-order chi connectivity index (χ1) is 11.0. The zero-order valence-electron chi connectivity index (χ0n) is 14.4. The minimum Gasteiger partial charge on any atom is -0.391 e. The second-order valence-corrected chi connectivity index (χ2v) is 8.19. The van der Waals surface area contributed by atoms with Gasteiger partial charge in [0.05, 0.1) is 12.1 Å². The van der Waals surface area contributed by atoms with E-state index in [0.29, 0.717) is 12.0 Å². The smallest absolute Gasteiger partial charge is 0.133 e. The summed E-state index contributed by atoms with van der Waals surface area (Å²) >= 11 is 0. The largest absolute Gasteiger partial charge is 0.391 e. The molecule has 1 saturated carbocycles. The van der Waals surface area contributed by atoms with E-state index in [0.717, 1.165) is 38.0 Å². The molecule has 0 radical (unpaired) electrons. The van der Waals surface area contributed by atoms with Gasteiger partial charge in [-0.3, -0.25) is 0 Å². The standard InChI is InChI=1S/C18H28N4O/c1-11(2)16-18(9-22(16)3)7-14(15(23)8-18)21-17-12-5-4-6-13(12)19-10-20-17/h10-11,14-16,23H,4-9H2,1-3H3,(H,19,20,21)/t14-,15-,16?,18?/m1/s1. The van der Waals surface area contributed by atoms with Crippen LogP contribution in [-0.4, -0.2) is 51.8 Å². The fourth-order valence-corrected chi connectivity index (χ4v) is 5.65. The monoisotopic (exact) mass is 316 g/mol. The molecule has 1 aromatic heterocycles. The van der Waals surface area contributed by atoms with Crippen LogP contribution in [0.5, 0.6) is 0 Å². The average molecular weight is 316 g/mol. The van der Waals surface area contributed by atoms with E-state index in [-0.39, 0.29) is 17.6 Å². The molecule has 2 fully saturated rings. The Balaban J connectivity index is 1.52. The van der Waals surface area contributed by atoms with E-state index >= 15 is 0 Å². The molecule has 23 heavy (non-hydrogen) atoms. The minimum absolute atomic E-state index is 0.115. The number of nitrogens with one attached hydrogen (secondary N) is 1. The zero-order valence-corrected chi connectivity index (χ0v) is 14.4. The third kappa shape index (κ3) is 2.36. The third-order valence-electron chi connectivity index (χ3n) is 6.20. The summed E-state index contributed by atoms with van der Waals surface area (Å²) in [6.07, 6.45) is 6.62. The highest BCUT2D eigenvalue weighted by Crippen LogP contribution is 2.52. The number of aliphatic hydroxyl groups excluding tert-OH is 1. The second-order valence-electron chi connectivity index (χ2n) is 8.19. The van der Waals surface area contributed by atoms with Crippen molar-refractivity contribution in [3.05, 3.63) is 17.6 Å². The molecule has 1 spiro atoms. The second kappa shape index (κ2) is 5.42. The fraction of sp³-hybridized carbons (Fsp3) is 0.778. The Morgan fingerprint density at radius 3 is 2.87 bits per heavy atom. The van der Waals surface area contributed by atoms with Gasteiger partial charge >= 0.3 is 0 Å². The third-order valence-corrected chi connectivity index (χ3v) is 6.20. The lowest BCUT2D eigenvalue weighted by Gasteiger charge is -2.57. The van der Waals surface area contributed by atoms with Crippen LogP contribution < -0.4 is 5.32 Å². The molecule has 2 aliphatic carbocycles. The number of hydrogen-bond acceptors (Lipinski definition) is 5. The lowest BCUT2D eigenvalue weighted by atomic mass is 9.66. The molecule has 2 N–H and O–H groups in total. The maximum atomic E-state index is 10.7. The molecule has 5 heteroatoms. The van der Waals surface area contributed by atoms with E-state index in [2.05, 4.69) is 41.1 Å². The molecule has 1 aliphatic heterocycles. The van der Waals surface area contributed by atoms with Gasteiger partial charge in [0.25, 0.3) is 0 Å². The van der Waals surface area contributed by atoms with Gasteiger partial charge in [-0.15, -0.1) is 0 Å². The van der Waals surface area contributed by atoms with Crippen molar-refractivity contribution in [2.45, 2.75) is 64.1 Å². The highest BCUT2D eigenvalue weighted by molar-refractivity contribution is 5.49. The number of likely N-dealkylation sites (tertiary alicyclic amines) is 1. The van der Waals surface area contributed by atoms with E-state index in [4.69, 9.17) is 0 Å². The number of aryl methyl sites for hydroxylation is 1. The zero-order chi connectivity index (χ0) is 16.2. The van der Waals surface area contributed by atoms with Crippen LogP contribution in [0, 0.1) is 11.3 Å². The molecule has 2 heterocycles. The predicted molar refractivity (Wildman–Crippen MR) is 90.4 cm³/mol. The van der Waals surface area contributed by atoms with Gasteiger partial charge < -0.3 is 15.3 Å². The van der Waals surface area contributed by atoms with Crippen LogP contribution in [0.3, 0.4) is 0 Å². The number of anilines is 1. The highest BCUT2D eigenvalue weighted by Gasteiger charge is 2.58. The summed E-state index contributed by atoms with van der Waals surface area (Å²) < 4.78 is 0. The van der Waals surface area contributed by atoms with E-state index in [1.807, 2.05) is 0 Å². The Labute approximate surface area is 138 Å². The lowest BCUT2D eigenvalue weighted by molar-refractivity contribution is -0.0825. The summed E-state index contributed by atoms with van der Waals surface area (Å²) in [4.78, 5) is 11.3. The molecule has 1 aromatic rings. The van der Waals surface area contributed by atoms with Crippen LogP contribution in [0.25, 0.3) is 0 Å². The normalized spacial score (nSPS) is 36.5. The summed E-state index contributed by atoms with van der Waals surface area (Å²) in [5.74, 6) is 1.59. The van der Waals surface area contributed by atoms with Crippen molar-refractivity contribution in [3.63, 3.8) is 0 Å². The Bertz CT molecular complexity index is 600. The van der Waals surface area contributed by atoms with Crippen LogP contribution >= 0.6 is 0 Å². The van der Waals surface area contributed by atoms with E-state index < -0.39 is 0 Å². The quantitative estimate of drug-likeness (QED) is 0.891. The van der Waals surface area contributed by atoms with Gasteiger partial charge in [-0.1, -0.05) is 13.8 Å². The molecule has 4 atom stereocenters. The molecular formula is C18H28N4O. The first-order valence-corrected chi connectivity index (χ1v) is 8.98. The van der Waals surface area contributed by atoms with Gasteiger partial charge in [0.2, 0.25) is 0 Å². The number of nitrogens with zero attached hydrogens (tertiary/aromatic N) is 3. The maximum Gasteiger partial charge on any atom is 0.133 e. The lowest BCUT2D eigenvalue weighted by Crippen LogP contribution is -2.64. The van der Waals surface area contributed by atoms with Gasteiger partial charge in [-0.05, 0) is 45.1 Å². The Hall–Kier alpha value is -1.20. The molecule has 2 unspecified atom stereocenters. The first-order valence-electron chi connectivity index (χ1n) is 8.98. The van der Waals surface area contributed by atoms with Crippen molar-refractivity contribution in [2.24, 2.45) is 11.3 Å². The Morgan fingerprint density at radius 1 is 1.30 bits per heavy atom. The molecule has 0 amide bonds. The van der Waals surface area contributed by atoms with Crippen LogP contribution in [0.4, 0.5) is 5.82 Å². The van der Waals surface area contributed by atoms with Crippen molar-refractivity contribution in [2.75, 3.05) is 18.9 Å². The summed E-state index contributed by atoms with van der Waals surface area (Å²) in [5, 5.41) is 14.2. The number of hydrogen-bond donors (Lipinski definition) is 2. The number of rotatable bonds is 3. The molecule has 5 nitrogen and oxygen atoms in total. The van der Waals surface area contributed by atoms with Crippen molar-refractivity contribution in [3.8, 4) is 0 Å².